The Labute approximate surface area is 95.4 Å². The Balaban J connectivity index is 2.04. The van der Waals surface area contributed by atoms with Crippen molar-refractivity contribution >= 4 is 11.6 Å². The van der Waals surface area contributed by atoms with Crippen LogP contribution in [0, 0.1) is 5.92 Å². The lowest BCUT2D eigenvalue weighted by Crippen LogP contribution is -2.39. The lowest BCUT2D eigenvalue weighted by molar-refractivity contribution is 0.0422. The number of hydrogen-bond donors (Lipinski definition) is 1. The summed E-state index contributed by atoms with van der Waals surface area (Å²) in [6.07, 6.45) is 1.87. The fourth-order valence-electron chi connectivity index (χ4n) is 1.97. The largest absolute Gasteiger partial charge is 0.381 e. The Morgan fingerprint density at radius 2 is 2.20 bits per heavy atom. The Bertz CT molecular complexity index is 329. The molecule has 1 aliphatic rings. The number of halogens is 1. The van der Waals surface area contributed by atoms with E-state index in [0.29, 0.717) is 5.92 Å². The van der Waals surface area contributed by atoms with Crippen LogP contribution < -0.4 is 5.73 Å². The third-order valence-corrected chi connectivity index (χ3v) is 3.34. The number of hydrogen-bond acceptors (Lipinski definition) is 2. The second-order valence-corrected chi connectivity index (χ2v) is 4.49. The van der Waals surface area contributed by atoms with E-state index in [9.17, 15) is 0 Å². The predicted molar refractivity (Wildman–Crippen MR) is 62.1 cm³/mol. The van der Waals surface area contributed by atoms with Crippen LogP contribution in [0.4, 0.5) is 0 Å². The van der Waals surface area contributed by atoms with Gasteiger partial charge in [-0.15, -0.1) is 0 Å². The Hall–Kier alpha value is -0.570. The van der Waals surface area contributed by atoms with Gasteiger partial charge in [-0.2, -0.15) is 0 Å². The van der Waals surface area contributed by atoms with E-state index < -0.39 is 0 Å². The zero-order chi connectivity index (χ0) is 10.7. The van der Waals surface area contributed by atoms with Gasteiger partial charge in [-0.1, -0.05) is 29.8 Å². The van der Waals surface area contributed by atoms with Crippen LogP contribution in [-0.2, 0) is 11.2 Å². The van der Waals surface area contributed by atoms with Crippen LogP contribution in [0.3, 0.4) is 0 Å². The summed E-state index contributed by atoms with van der Waals surface area (Å²) in [6, 6.07) is 8.19. The van der Waals surface area contributed by atoms with Gasteiger partial charge in [-0.05, 0) is 24.5 Å². The van der Waals surface area contributed by atoms with Crippen molar-refractivity contribution < 1.29 is 4.74 Å². The molecule has 0 radical (unpaired) electrons. The molecule has 1 aliphatic heterocycles. The maximum Gasteiger partial charge on any atom is 0.0512 e. The van der Waals surface area contributed by atoms with E-state index in [1.807, 2.05) is 18.2 Å². The summed E-state index contributed by atoms with van der Waals surface area (Å²) >= 11 is 6.11. The average Bonchev–Trinajstić information content (AvgIpc) is 2.24. The summed E-state index contributed by atoms with van der Waals surface area (Å²) in [6.45, 7) is 1.55. The molecule has 1 saturated heterocycles. The van der Waals surface area contributed by atoms with Crippen LogP contribution in [0.15, 0.2) is 24.3 Å². The standard InChI is InChI=1S/C12H16ClNO/c13-11-4-2-1-3-9(11)7-10-8-15-6-5-12(10)14/h1-4,10,12H,5-8,14H2/t10-,12+/m1/s1. The summed E-state index contributed by atoms with van der Waals surface area (Å²) in [5, 5.41) is 0.829. The van der Waals surface area contributed by atoms with Gasteiger partial charge in [0.25, 0.3) is 0 Å². The van der Waals surface area contributed by atoms with Gasteiger partial charge in [-0.3, -0.25) is 0 Å². The Kier molecular flexibility index (Phi) is 3.62. The molecule has 0 aromatic heterocycles. The minimum absolute atomic E-state index is 0.245. The smallest absolute Gasteiger partial charge is 0.0512 e. The zero-order valence-corrected chi connectivity index (χ0v) is 9.41. The summed E-state index contributed by atoms with van der Waals surface area (Å²) in [4.78, 5) is 0. The first-order valence-electron chi connectivity index (χ1n) is 5.34. The molecule has 2 atom stereocenters. The van der Waals surface area contributed by atoms with E-state index >= 15 is 0 Å². The molecular weight excluding hydrogens is 210 g/mol. The van der Waals surface area contributed by atoms with Crippen molar-refractivity contribution in [3.8, 4) is 0 Å². The zero-order valence-electron chi connectivity index (χ0n) is 8.66. The highest BCUT2D eigenvalue weighted by Gasteiger charge is 2.23. The van der Waals surface area contributed by atoms with Crippen molar-refractivity contribution in [2.45, 2.75) is 18.9 Å². The number of ether oxygens (including phenoxy) is 1. The molecule has 0 aliphatic carbocycles. The van der Waals surface area contributed by atoms with Crippen LogP contribution in [0.5, 0.6) is 0 Å². The SMILES string of the molecule is N[C@H]1CCOC[C@H]1Cc1ccccc1Cl. The first-order valence-corrected chi connectivity index (χ1v) is 5.72. The molecule has 0 spiro atoms. The highest BCUT2D eigenvalue weighted by Crippen LogP contribution is 2.23. The summed E-state index contributed by atoms with van der Waals surface area (Å²) in [7, 11) is 0. The molecule has 0 saturated carbocycles. The molecule has 2 nitrogen and oxygen atoms in total. The maximum atomic E-state index is 6.11. The van der Waals surface area contributed by atoms with Crippen molar-refractivity contribution in [2.75, 3.05) is 13.2 Å². The van der Waals surface area contributed by atoms with Gasteiger partial charge in [-0.25, -0.2) is 0 Å². The molecular formula is C12H16ClNO. The van der Waals surface area contributed by atoms with E-state index in [1.54, 1.807) is 0 Å². The van der Waals surface area contributed by atoms with Gasteiger partial charge >= 0.3 is 0 Å². The van der Waals surface area contributed by atoms with Crippen molar-refractivity contribution in [1.82, 2.24) is 0 Å². The molecule has 82 valence electrons. The van der Waals surface area contributed by atoms with Crippen molar-refractivity contribution in [3.05, 3.63) is 34.9 Å². The Morgan fingerprint density at radius 1 is 1.40 bits per heavy atom. The van der Waals surface area contributed by atoms with Gasteiger partial charge in [0.1, 0.15) is 0 Å². The second-order valence-electron chi connectivity index (χ2n) is 4.08. The normalized spacial score (nSPS) is 26.5. The minimum atomic E-state index is 0.245. The predicted octanol–water partition coefficient (Wildman–Crippen LogP) is 2.25. The fourth-order valence-corrected chi connectivity index (χ4v) is 2.18. The fraction of sp³-hybridized carbons (Fsp3) is 0.500. The van der Waals surface area contributed by atoms with Crippen LogP contribution in [0.25, 0.3) is 0 Å². The molecule has 2 N–H and O–H groups in total. The molecule has 2 rings (SSSR count). The maximum absolute atomic E-state index is 6.11. The molecule has 0 bridgehead atoms. The first kappa shape index (κ1) is 10.9. The van der Waals surface area contributed by atoms with Crippen LogP contribution >= 0.6 is 11.6 Å². The third-order valence-electron chi connectivity index (χ3n) is 2.97. The lowest BCUT2D eigenvalue weighted by Gasteiger charge is -2.28. The van der Waals surface area contributed by atoms with E-state index in [1.165, 1.54) is 5.56 Å². The van der Waals surface area contributed by atoms with Crippen LogP contribution in [-0.4, -0.2) is 19.3 Å². The van der Waals surface area contributed by atoms with Crippen LogP contribution in [0.1, 0.15) is 12.0 Å². The van der Waals surface area contributed by atoms with Crippen LogP contribution in [0.2, 0.25) is 5.02 Å². The molecule has 0 unspecified atom stereocenters. The number of rotatable bonds is 2. The number of nitrogens with two attached hydrogens (primary N) is 1. The minimum Gasteiger partial charge on any atom is -0.381 e. The Morgan fingerprint density at radius 3 is 2.93 bits per heavy atom. The van der Waals surface area contributed by atoms with Gasteiger partial charge in [0.2, 0.25) is 0 Å². The molecule has 1 fully saturated rings. The summed E-state index contributed by atoms with van der Waals surface area (Å²) < 4.78 is 5.44. The monoisotopic (exact) mass is 225 g/mol. The molecule has 3 heteroatoms. The average molecular weight is 226 g/mol. The highest BCUT2D eigenvalue weighted by molar-refractivity contribution is 6.31. The topological polar surface area (TPSA) is 35.2 Å². The summed E-state index contributed by atoms with van der Waals surface area (Å²) in [5.74, 6) is 0.402. The lowest BCUT2D eigenvalue weighted by atomic mass is 9.90. The van der Waals surface area contributed by atoms with Gasteiger partial charge in [0.15, 0.2) is 0 Å². The molecule has 1 aromatic carbocycles. The van der Waals surface area contributed by atoms with E-state index in [4.69, 9.17) is 22.1 Å². The quantitative estimate of drug-likeness (QED) is 0.838. The summed E-state index contributed by atoms with van der Waals surface area (Å²) in [5.41, 5.74) is 7.23. The van der Waals surface area contributed by atoms with Crippen molar-refractivity contribution in [3.63, 3.8) is 0 Å². The number of benzene rings is 1. The molecule has 1 heterocycles. The van der Waals surface area contributed by atoms with E-state index in [2.05, 4.69) is 6.07 Å². The van der Waals surface area contributed by atoms with Gasteiger partial charge in [0, 0.05) is 23.6 Å². The van der Waals surface area contributed by atoms with Crippen molar-refractivity contribution in [2.24, 2.45) is 11.7 Å². The molecule has 1 aromatic rings. The van der Waals surface area contributed by atoms with Crippen molar-refractivity contribution in [1.29, 1.82) is 0 Å². The molecule has 0 amide bonds. The van der Waals surface area contributed by atoms with Gasteiger partial charge < -0.3 is 10.5 Å². The third kappa shape index (κ3) is 2.71. The first-order chi connectivity index (χ1) is 7.27. The highest BCUT2D eigenvalue weighted by atomic mass is 35.5. The second kappa shape index (κ2) is 4.97. The van der Waals surface area contributed by atoms with E-state index in [0.717, 1.165) is 31.1 Å². The van der Waals surface area contributed by atoms with Gasteiger partial charge in [0.05, 0.1) is 6.61 Å². The molecule has 15 heavy (non-hydrogen) atoms. The van der Waals surface area contributed by atoms with E-state index in [-0.39, 0.29) is 6.04 Å².